The molecular weight excluding hydrogens is 292 g/mol. The molecule has 1 aromatic carbocycles. The van der Waals surface area contributed by atoms with Gasteiger partial charge in [0.1, 0.15) is 0 Å². The van der Waals surface area contributed by atoms with Crippen molar-refractivity contribution < 1.29 is 14.0 Å². The summed E-state index contributed by atoms with van der Waals surface area (Å²) in [5.41, 5.74) is 1.75. The predicted molar refractivity (Wildman–Crippen MR) is 86.3 cm³/mol. The molecule has 1 aliphatic rings. The fraction of sp³-hybridized carbons (Fsp3) is 0.333. The molecule has 1 aliphatic heterocycles. The van der Waals surface area contributed by atoms with Gasteiger partial charge in [0.2, 0.25) is 0 Å². The van der Waals surface area contributed by atoms with Crippen LogP contribution in [-0.2, 0) is 0 Å². The first-order valence-electron chi connectivity index (χ1n) is 7.84. The van der Waals surface area contributed by atoms with Gasteiger partial charge >= 0.3 is 0 Å². The van der Waals surface area contributed by atoms with Gasteiger partial charge in [-0.25, -0.2) is 0 Å². The van der Waals surface area contributed by atoms with Crippen molar-refractivity contribution in [2.24, 2.45) is 0 Å². The molecule has 23 heavy (non-hydrogen) atoms. The van der Waals surface area contributed by atoms with Crippen LogP contribution in [0.5, 0.6) is 0 Å². The first-order chi connectivity index (χ1) is 11.1. The van der Waals surface area contributed by atoms with Crippen molar-refractivity contribution in [3.63, 3.8) is 0 Å². The van der Waals surface area contributed by atoms with Crippen molar-refractivity contribution in [2.45, 2.75) is 25.8 Å². The molecule has 3 rings (SSSR count). The van der Waals surface area contributed by atoms with Crippen LogP contribution in [0.3, 0.4) is 0 Å². The maximum absolute atomic E-state index is 12.3. The van der Waals surface area contributed by atoms with Crippen LogP contribution in [0.15, 0.2) is 47.1 Å². The Morgan fingerprint density at radius 3 is 2.61 bits per heavy atom. The molecule has 1 saturated heterocycles. The zero-order chi connectivity index (χ0) is 16.2. The SMILES string of the molecule is Cc1cccc(C(=O)NC2CCN(C(=O)c3ccco3)CC2)c1. The van der Waals surface area contributed by atoms with Crippen LogP contribution in [-0.4, -0.2) is 35.8 Å². The minimum absolute atomic E-state index is 0.0514. The number of likely N-dealkylation sites (tertiary alicyclic amines) is 1. The lowest BCUT2D eigenvalue weighted by Gasteiger charge is -2.31. The molecule has 0 spiro atoms. The summed E-state index contributed by atoms with van der Waals surface area (Å²) in [7, 11) is 0. The van der Waals surface area contributed by atoms with Gasteiger partial charge < -0.3 is 14.6 Å². The zero-order valence-electron chi connectivity index (χ0n) is 13.1. The summed E-state index contributed by atoms with van der Waals surface area (Å²) >= 11 is 0. The highest BCUT2D eigenvalue weighted by molar-refractivity contribution is 5.94. The molecule has 0 radical (unpaired) electrons. The van der Waals surface area contributed by atoms with Gasteiger partial charge in [-0.2, -0.15) is 0 Å². The third kappa shape index (κ3) is 3.62. The highest BCUT2D eigenvalue weighted by atomic mass is 16.3. The summed E-state index contributed by atoms with van der Waals surface area (Å²) in [6, 6.07) is 11.0. The summed E-state index contributed by atoms with van der Waals surface area (Å²) in [4.78, 5) is 26.2. The molecule has 120 valence electrons. The summed E-state index contributed by atoms with van der Waals surface area (Å²) < 4.78 is 5.15. The number of carbonyl (C=O) groups is 2. The molecular formula is C18H20N2O3. The van der Waals surface area contributed by atoms with E-state index in [0.717, 1.165) is 18.4 Å². The van der Waals surface area contributed by atoms with E-state index in [4.69, 9.17) is 4.42 Å². The second-order valence-electron chi connectivity index (χ2n) is 5.89. The summed E-state index contributed by atoms with van der Waals surface area (Å²) in [5, 5.41) is 3.06. The van der Waals surface area contributed by atoms with Crippen molar-refractivity contribution in [2.75, 3.05) is 13.1 Å². The highest BCUT2D eigenvalue weighted by Gasteiger charge is 2.25. The number of piperidine rings is 1. The number of hydrogen-bond acceptors (Lipinski definition) is 3. The number of benzene rings is 1. The quantitative estimate of drug-likeness (QED) is 0.947. The normalized spacial score (nSPS) is 15.4. The molecule has 5 heteroatoms. The number of nitrogens with zero attached hydrogens (tertiary/aromatic N) is 1. The second-order valence-corrected chi connectivity index (χ2v) is 5.89. The number of carbonyl (C=O) groups excluding carboxylic acids is 2. The predicted octanol–water partition coefficient (Wildman–Crippen LogP) is 2.62. The van der Waals surface area contributed by atoms with Crippen molar-refractivity contribution in [3.05, 3.63) is 59.5 Å². The first-order valence-corrected chi connectivity index (χ1v) is 7.84. The maximum Gasteiger partial charge on any atom is 0.289 e. The lowest BCUT2D eigenvalue weighted by Crippen LogP contribution is -2.46. The third-order valence-electron chi connectivity index (χ3n) is 4.13. The van der Waals surface area contributed by atoms with E-state index in [-0.39, 0.29) is 17.9 Å². The van der Waals surface area contributed by atoms with Gasteiger partial charge in [-0.15, -0.1) is 0 Å². The molecule has 0 atom stereocenters. The molecule has 0 unspecified atom stereocenters. The van der Waals surface area contributed by atoms with Crippen LogP contribution in [0.4, 0.5) is 0 Å². The van der Waals surface area contributed by atoms with Gasteiger partial charge in [0, 0.05) is 24.7 Å². The maximum atomic E-state index is 12.3. The molecule has 2 aromatic rings. The van der Waals surface area contributed by atoms with Gasteiger partial charge in [0.15, 0.2) is 5.76 Å². The smallest absolute Gasteiger partial charge is 0.289 e. The Kier molecular flexibility index (Phi) is 4.46. The van der Waals surface area contributed by atoms with E-state index in [1.165, 1.54) is 6.26 Å². The Hall–Kier alpha value is -2.56. The highest BCUT2D eigenvalue weighted by Crippen LogP contribution is 2.15. The number of furan rings is 1. The number of rotatable bonds is 3. The molecule has 5 nitrogen and oxygen atoms in total. The van der Waals surface area contributed by atoms with Crippen LogP contribution in [0, 0.1) is 6.92 Å². The van der Waals surface area contributed by atoms with Crippen LogP contribution < -0.4 is 5.32 Å². The molecule has 1 aromatic heterocycles. The Labute approximate surface area is 135 Å². The van der Waals surface area contributed by atoms with Crippen LogP contribution >= 0.6 is 0 Å². The minimum atomic E-state index is -0.0848. The summed E-state index contributed by atoms with van der Waals surface area (Å²) in [5.74, 6) is 0.232. The third-order valence-corrected chi connectivity index (χ3v) is 4.13. The Balaban J connectivity index is 1.53. The van der Waals surface area contributed by atoms with Crippen LogP contribution in [0.1, 0.15) is 39.3 Å². The Morgan fingerprint density at radius 2 is 1.96 bits per heavy atom. The van der Waals surface area contributed by atoms with E-state index < -0.39 is 0 Å². The van der Waals surface area contributed by atoms with E-state index in [1.807, 2.05) is 31.2 Å². The van der Waals surface area contributed by atoms with Crippen molar-refractivity contribution in [1.82, 2.24) is 10.2 Å². The molecule has 0 saturated carbocycles. The molecule has 2 heterocycles. The second kappa shape index (κ2) is 6.69. The van der Waals surface area contributed by atoms with E-state index in [2.05, 4.69) is 5.32 Å². The average Bonchev–Trinajstić information content (AvgIpc) is 3.09. The largest absolute Gasteiger partial charge is 0.459 e. The van der Waals surface area contributed by atoms with Crippen molar-refractivity contribution in [1.29, 1.82) is 0 Å². The van der Waals surface area contributed by atoms with E-state index >= 15 is 0 Å². The summed E-state index contributed by atoms with van der Waals surface area (Å²) in [6.07, 6.45) is 3.01. The van der Waals surface area contributed by atoms with Crippen molar-refractivity contribution >= 4 is 11.8 Å². The topological polar surface area (TPSA) is 62.6 Å². The van der Waals surface area contributed by atoms with Gasteiger partial charge in [0.25, 0.3) is 11.8 Å². The van der Waals surface area contributed by atoms with Gasteiger partial charge in [-0.1, -0.05) is 17.7 Å². The number of amides is 2. The molecule has 2 amide bonds. The standard InChI is InChI=1S/C18H20N2O3/c1-13-4-2-5-14(12-13)17(21)19-15-7-9-20(10-8-15)18(22)16-6-3-11-23-16/h2-6,11-12,15H,7-10H2,1H3,(H,19,21). The lowest BCUT2D eigenvalue weighted by molar-refractivity contribution is 0.0667. The molecule has 0 aliphatic carbocycles. The minimum Gasteiger partial charge on any atom is -0.459 e. The fourth-order valence-electron chi connectivity index (χ4n) is 2.84. The van der Waals surface area contributed by atoms with E-state index in [1.54, 1.807) is 17.0 Å². The monoisotopic (exact) mass is 312 g/mol. The number of nitrogens with one attached hydrogen (secondary N) is 1. The van der Waals surface area contributed by atoms with Gasteiger partial charge in [-0.05, 0) is 44.0 Å². The van der Waals surface area contributed by atoms with Crippen LogP contribution in [0.2, 0.25) is 0 Å². The molecule has 1 N–H and O–H groups in total. The fourth-order valence-corrected chi connectivity index (χ4v) is 2.84. The molecule has 1 fully saturated rings. The van der Waals surface area contributed by atoms with Crippen molar-refractivity contribution in [3.8, 4) is 0 Å². The van der Waals surface area contributed by atoms with E-state index in [9.17, 15) is 9.59 Å². The van der Waals surface area contributed by atoms with E-state index in [0.29, 0.717) is 24.4 Å². The average molecular weight is 312 g/mol. The van der Waals surface area contributed by atoms with Gasteiger partial charge in [0.05, 0.1) is 6.26 Å². The Morgan fingerprint density at radius 1 is 1.17 bits per heavy atom. The lowest BCUT2D eigenvalue weighted by atomic mass is 10.0. The number of hydrogen-bond donors (Lipinski definition) is 1. The Bertz CT molecular complexity index is 686. The van der Waals surface area contributed by atoms with Crippen LogP contribution in [0.25, 0.3) is 0 Å². The zero-order valence-corrected chi connectivity index (χ0v) is 13.1. The first kappa shape index (κ1) is 15.3. The molecule has 0 bridgehead atoms. The number of aryl methyl sites for hydroxylation is 1. The summed E-state index contributed by atoms with van der Waals surface area (Å²) in [6.45, 7) is 3.21. The van der Waals surface area contributed by atoms with Gasteiger partial charge in [-0.3, -0.25) is 9.59 Å².